The van der Waals surface area contributed by atoms with E-state index in [4.69, 9.17) is 4.42 Å². The van der Waals surface area contributed by atoms with Gasteiger partial charge in [-0.15, -0.1) is 15.3 Å². The summed E-state index contributed by atoms with van der Waals surface area (Å²) in [6.07, 6.45) is 2.13. The van der Waals surface area contributed by atoms with Gasteiger partial charge < -0.3 is 4.42 Å². The molecule has 14 heavy (non-hydrogen) atoms. The van der Waals surface area contributed by atoms with Crippen molar-refractivity contribution in [2.24, 2.45) is 0 Å². The first-order valence-electron chi connectivity index (χ1n) is 3.92. The molecule has 2 heterocycles. The molecule has 7 nitrogen and oxygen atoms in total. The molecule has 2 rings (SSSR count). The van der Waals surface area contributed by atoms with E-state index >= 15 is 0 Å². The Bertz CT molecular complexity index is 446. The minimum Gasteiger partial charge on any atom is -0.424 e. The first-order chi connectivity index (χ1) is 6.78. The SMILES string of the molecule is Cc1nnc(Cn2cc(C=O)nn2)o1. The van der Waals surface area contributed by atoms with Gasteiger partial charge >= 0.3 is 0 Å². The zero-order valence-corrected chi connectivity index (χ0v) is 7.41. The quantitative estimate of drug-likeness (QED) is 0.629. The lowest BCUT2D eigenvalue weighted by Crippen LogP contribution is -2.00. The summed E-state index contributed by atoms with van der Waals surface area (Å²) in [5.41, 5.74) is 0.279. The van der Waals surface area contributed by atoms with Crippen LogP contribution in [0.1, 0.15) is 22.3 Å². The van der Waals surface area contributed by atoms with Gasteiger partial charge in [0.15, 0.2) is 6.29 Å². The number of hydrogen-bond donors (Lipinski definition) is 0. The van der Waals surface area contributed by atoms with Crippen molar-refractivity contribution in [3.63, 3.8) is 0 Å². The maximum Gasteiger partial charge on any atom is 0.237 e. The Labute approximate surface area is 78.7 Å². The molecule has 0 aliphatic heterocycles. The summed E-state index contributed by atoms with van der Waals surface area (Å²) in [6, 6.07) is 0. The minimum absolute atomic E-state index is 0.279. The Morgan fingerprint density at radius 3 is 2.93 bits per heavy atom. The molecule has 0 aliphatic carbocycles. The van der Waals surface area contributed by atoms with Crippen LogP contribution in [-0.2, 0) is 6.54 Å². The van der Waals surface area contributed by atoms with E-state index in [1.165, 1.54) is 10.9 Å². The van der Waals surface area contributed by atoms with Crippen LogP contribution in [0.15, 0.2) is 10.6 Å². The third kappa shape index (κ3) is 1.65. The third-order valence-corrected chi connectivity index (χ3v) is 1.54. The van der Waals surface area contributed by atoms with E-state index in [1.807, 2.05) is 0 Å². The number of carbonyl (C=O) groups excluding carboxylic acids is 1. The molecule has 0 saturated heterocycles. The van der Waals surface area contributed by atoms with Crippen LogP contribution in [-0.4, -0.2) is 31.5 Å². The highest BCUT2D eigenvalue weighted by atomic mass is 16.4. The van der Waals surface area contributed by atoms with Crippen LogP contribution in [0.5, 0.6) is 0 Å². The van der Waals surface area contributed by atoms with Crippen molar-refractivity contribution in [3.8, 4) is 0 Å². The molecule has 0 spiro atoms. The number of rotatable bonds is 3. The Hall–Kier alpha value is -2.05. The molecular formula is C7H7N5O2. The maximum atomic E-state index is 10.3. The van der Waals surface area contributed by atoms with E-state index in [0.717, 1.165) is 0 Å². The highest BCUT2D eigenvalue weighted by molar-refractivity contribution is 5.70. The third-order valence-electron chi connectivity index (χ3n) is 1.54. The number of aryl methyl sites for hydroxylation is 1. The number of hydrogen-bond acceptors (Lipinski definition) is 6. The van der Waals surface area contributed by atoms with Gasteiger partial charge in [-0.1, -0.05) is 5.21 Å². The van der Waals surface area contributed by atoms with Gasteiger partial charge in [0.1, 0.15) is 12.2 Å². The van der Waals surface area contributed by atoms with Gasteiger partial charge in [-0.3, -0.25) is 4.79 Å². The van der Waals surface area contributed by atoms with E-state index in [9.17, 15) is 4.79 Å². The topological polar surface area (TPSA) is 86.7 Å². The average molecular weight is 193 g/mol. The summed E-state index contributed by atoms with van der Waals surface area (Å²) in [6.45, 7) is 2.02. The van der Waals surface area contributed by atoms with Gasteiger partial charge in [-0.2, -0.15) is 0 Å². The van der Waals surface area contributed by atoms with Crippen molar-refractivity contribution in [1.82, 2.24) is 25.2 Å². The smallest absolute Gasteiger partial charge is 0.237 e. The molecule has 0 saturated carbocycles. The first kappa shape index (κ1) is 8.54. The van der Waals surface area contributed by atoms with E-state index in [1.54, 1.807) is 6.92 Å². The molecule has 0 amide bonds. The van der Waals surface area contributed by atoms with Crippen LogP contribution < -0.4 is 0 Å². The van der Waals surface area contributed by atoms with Crippen molar-refractivity contribution in [3.05, 3.63) is 23.7 Å². The average Bonchev–Trinajstić information content (AvgIpc) is 2.76. The normalized spacial score (nSPS) is 10.4. The Kier molecular flexibility index (Phi) is 2.05. The van der Waals surface area contributed by atoms with Crippen molar-refractivity contribution >= 4 is 6.29 Å². The van der Waals surface area contributed by atoms with Crippen LogP contribution >= 0.6 is 0 Å². The second-order valence-electron chi connectivity index (χ2n) is 2.67. The lowest BCUT2D eigenvalue weighted by Gasteiger charge is -1.91. The van der Waals surface area contributed by atoms with E-state index < -0.39 is 0 Å². The zero-order valence-electron chi connectivity index (χ0n) is 7.41. The highest BCUT2D eigenvalue weighted by Gasteiger charge is 2.05. The van der Waals surface area contributed by atoms with E-state index in [0.29, 0.717) is 24.6 Å². The summed E-state index contributed by atoms with van der Waals surface area (Å²) < 4.78 is 6.59. The summed E-state index contributed by atoms with van der Waals surface area (Å²) in [4.78, 5) is 10.3. The van der Waals surface area contributed by atoms with Crippen LogP contribution in [0.3, 0.4) is 0 Å². The standard InChI is InChI=1S/C7H7N5O2/c1-5-8-10-7(14-5)3-12-2-6(4-13)9-11-12/h2,4H,3H2,1H3. The minimum atomic E-state index is 0.279. The monoisotopic (exact) mass is 193 g/mol. The highest BCUT2D eigenvalue weighted by Crippen LogP contribution is 2.00. The van der Waals surface area contributed by atoms with Crippen LogP contribution in [0.4, 0.5) is 0 Å². The Balaban J connectivity index is 2.14. The lowest BCUT2D eigenvalue weighted by atomic mass is 10.5. The molecule has 0 N–H and O–H groups in total. The van der Waals surface area contributed by atoms with Gasteiger partial charge in [0.2, 0.25) is 11.8 Å². The molecule has 7 heteroatoms. The molecule has 0 aromatic carbocycles. The molecule has 0 fully saturated rings. The second kappa shape index (κ2) is 3.36. The number of aldehydes is 1. The van der Waals surface area contributed by atoms with Gasteiger partial charge in [-0.05, 0) is 0 Å². The Morgan fingerprint density at radius 2 is 2.36 bits per heavy atom. The van der Waals surface area contributed by atoms with E-state index in [2.05, 4.69) is 20.5 Å². The molecule has 2 aromatic heterocycles. The molecule has 2 aromatic rings. The largest absolute Gasteiger partial charge is 0.424 e. The summed E-state index contributed by atoms with van der Waals surface area (Å²) in [7, 11) is 0. The molecular weight excluding hydrogens is 186 g/mol. The van der Waals surface area contributed by atoms with E-state index in [-0.39, 0.29) is 5.69 Å². The molecule has 0 atom stereocenters. The number of nitrogens with zero attached hydrogens (tertiary/aromatic N) is 5. The van der Waals surface area contributed by atoms with Crippen molar-refractivity contribution in [1.29, 1.82) is 0 Å². The van der Waals surface area contributed by atoms with Crippen LogP contribution in [0, 0.1) is 6.92 Å². The predicted molar refractivity (Wildman–Crippen MR) is 43.5 cm³/mol. The summed E-state index contributed by atoms with van der Waals surface area (Å²) in [5, 5.41) is 14.7. The fraction of sp³-hybridized carbons (Fsp3) is 0.286. The molecule has 0 aliphatic rings. The van der Waals surface area contributed by atoms with Crippen LogP contribution in [0.25, 0.3) is 0 Å². The molecule has 0 radical (unpaired) electrons. The van der Waals surface area contributed by atoms with Gasteiger partial charge in [0.25, 0.3) is 0 Å². The van der Waals surface area contributed by atoms with Crippen molar-refractivity contribution in [2.75, 3.05) is 0 Å². The number of aromatic nitrogens is 5. The molecule has 0 bridgehead atoms. The predicted octanol–water partition coefficient (Wildman–Crippen LogP) is -0.170. The van der Waals surface area contributed by atoms with Gasteiger partial charge in [0, 0.05) is 6.92 Å². The lowest BCUT2D eigenvalue weighted by molar-refractivity contribution is 0.111. The maximum absolute atomic E-state index is 10.3. The zero-order chi connectivity index (χ0) is 9.97. The molecule has 0 unspecified atom stereocenters. The summed E-state index contributed by atoms with van der Waals surface area (Å²) in [5.74, 6) is 0.931. The number of carbonyl (C=O) groups is 1. The van der Waals surface area contributed by atoms with Gasteiger partial charge in [-0.25, -0.2) is 4.68 Å². The fourth-order valence-corrected chi connectivity index (χ4v) is 0.985. The fourth-order valence-electron chi connectivity index (χ4n) is 0.985. The molecule has 72 valence electrons. The van der Waals surface area contributed by atoms with Crippen LogP contribution in [0.2, 0.25) is 0 Å². The van der Waals surface area contributed by atoms with Crippen molar-refractivity contribution in [2.45, 2.75) is 13.5 Å². The first-order valence-corrected chi connectivity index (χ1v) is 3.92. The second-order valence-corrected chi connectivity index (χ2v) is 2.67. The summed E-state index contributed by atoms with van der Waals surface area (Å²) >= 11 is 0. The Morgan fingerprint density at radius 1 is 1.50 bits per heavy atom. The van der Waals surface area contributed by atoms with Crippen molar-refractivity contribution < 1.29 is 9.21 Å². The van der Waals surface area contributed by atoms with Gasteiger partial charge in [0.05, 0.1) is 6.20 Å².